The summed E-state index contributed by atoms with van der Waals surface area (Å²) >= 11 is 0. The lowest BCUT2D eigenvalue weighted by atomic mass is 10.00. The minimum atomic E-state index is -0.904. The van der Waals surface area contributed by atoms with Crippen LogP contribution in [0.25, 0.3) is 0 Å². The van der Waals surface area contributed by atoms with Crippen molar-refractivity contribution >= 4 is 5.91 Å². The van der Waals surface area contributed by atoms with Gasteiger partial charge in [0.05, 0.1) is 24.8 Å². The molecule has 7 nitrogen and oxygen atoms in total. The molecule has 1 aromatic heterocycles. The molecule has 0 aromatic carbocycles. The van der Waals surface area contributed by atoms with Crippen molar-refractivity contribution in [2.24, 2.45) is 0 Å². The van der Waals surface area contributed by atoms with E-state index in [-0.39, 0.29) is 18.9 Å². The smallest absolute Gasteiger partial charge is 0.228 e. The average molecular weight is 270 g/mol. The third-order valence-electron chi connectivity index (χ3n) is 3.09. The number of amides is 1. The highest BCUT2D eigenvalue weighted by Gasteiger charge is 2.33. The summed E-state index contributed by atoms with van der Waals surface area (Å²) < 4.78 is 10.1. The van der Waals surface area contributed by atoms with E-state index in [1.54, 1.807) is 13.0 Å². The van der Waals surface area contributed by atoms with E-state index < -0.39 is 18.2 Å². The van der Waals surface area contributed by atoms with Gasteiger partial charge in [0, 0.05) is 12.7 Å². The van der Waals surface area contributed by atoms with E-state index >= 15 is 0 Å². The molecule has 1 aliphatic heterocycles. The summed E-state index contributed by atoms with van der Waals surface area (Å²) in [5, 5.41) is 25.4. The third-order valence-corrected chi connectivity index (χ3v) is 3.09. The fourth-order valence-electron chi connectivity index (χ4n) is 2.11. The molecule has 0 aliphatic carbocycles. The third kappa shape index (κ3) is 3.52. The number of hydrogen-bond donors (Lipinski definition) is 3. The highest BCUT2D eigenvalue weighted by Crippen LogP contribution is 2.15. The number of ether oxygens (including phenoxy) is 1. The fraction of sp³-hybridized carbons (Fsp3) is 0.667. The quantitative estimate of drug-likeness (QED) is 0.658. The number of carbonyl (C=O) groups excluding carboxylic acids is 1. The second kappa shape index (κ2) is 6.14. The number of aliphatic hydroxyl groups is 2. The van der Waals surface area contributed by atoms with Gasteiger partial charge < -0.3 is 24.8 Å². The van der Waals surface area contributed by atoms with Gasteiger partial charge in [-0.15, -0.1) is 0 Å². The largest absolute Gasteiger partial charge is 0.394 e. The van der Waals surface area contributed by atoms with Crippen LogP contribution in [0.15, 0.2) is 10.6 Å². The van der Waals surface area contributed by atoms with E-state index in [0.29, 0.717) is 24.5 Å². The second-order valence-electron chi connectivity index (χ2n) is 4.66. The maximum atomic E-state index is 11.8. The SMILES string of the molecule is Cc1cc(CC(=O)N[C@H]2CCO[C@H](CO)[C@H]2O)on1. The second-order valence-corrected chi connectivity index (χ2v) is 4.66. The zero-order chi connectivity index (χ0) is 13.8. The van der Waals surface area contributed by atoms with Gasteiger partial charge in [0.15, 0.2) is 0 Å². The van der Waals surface area contributed by atoms with E-state index in [1.807, 2.05) is 0 Å². The first-order valence-corrected chi connectivity index (χ1v) is 6.22. The Morgan fingerprint density at radius 1 is 1.63 bits per heavy atom. The molecule has 2 heterocycles. The maximum absolute atomic E-state index is 11.8. The summed E-state index contributed by atoms with van der Waals surface area (Å²) in [4.78, 5) is 11.8. The van der Waals surface area contributed by atoms with Crippen LogP contribution in [-0.2, 0) is 16.0 Å². The van der Waals surface area contributed by atoms with Crippen LogP contribution >= 0.6 is 0 Å². The van der Waals surface area contributed by atoms with E-state index in [4.69, 9.17) is 14.4 Å². The number of nitrogens with zero attached hydrogens (tertiary/aromatic N) is 1. The number of hydrogen-bond acceptors (Lipinski definition) is 6. The first-order valence-electron chi connectivity index (χ1n) is 6.22. The van der Waals surface area contributed by atoms with Crippen LogP contribution < -0.4 is 5.32 Å². The average Bonchev–Trinajstić information content (AvgIpc) is 2.77. The number of aromatic nitrogens is 1. The summed E-state index contributed by atoms with van der Waals surface area (Å²) in [5.41, 5.74) is 0.717. The van der Waals surface area contributed by atoms with Crippen molar-refractivity contribution in [3.05, 3.63) is 17.5 Å². The zero-order valence-corrected chi connectivity index (χ0v) is 10.7. The van der Waals surface area contributed by atoms with Gasteiger partial charge in [0.25, 0.3) is 0 Å². The molecule has 0 bridgehead atoms. The molecule has 1 aromatic rings. The molecule has 0 radical (unpaired) electrons. The summed E-state index contributed by atoms with van der Waals surface area (Å²) in [6.45, 7) is 1.91. The molecule has 1 saturated heterocycles. The van der Waals surface area contributed by atoms with Crippen LogP contribution in [0.3, 0.4) is 0 Å². The van der Waals surface area contributed by atoms with Crippen LogP contribution in [0.1, 0.15) is 17.9 Å². The van der Waals surface area contributed by atoms with Gasteiger partial charge in [0.1, 0.15) is 18.0 Å². The molecule has 0 unspecified atom stereocenters. The van der Waals surface area contributed by atoms with E-state index in [0.717, 1.165) is 0 Å². The lowest BCUT2D eigenvalue weighted by Crippen LogP contribution is -2.54. The molecule has 7 heteroatoms. The Balaban J connectivity index is 1.87. The molecule has 19 heavy (non-hydrogen) atoms. The Labute approximate surface area is 110 Å². The number of carbonyl (C=O) groups is 1. The molecular weight excluding hydrogens is 252 g/mol. The minimum Gasteiger partial charge on any atom is -0.394 e. The van der Waals surface area contributed by atoms with E-state index in [1.165, 1.54) is 0 Å². The van der Waals surface area contributed by atoms with Crippen molar-refractivity contribution in [1.82, 2.24) is 10.5 Å². The molecule has 3 atom stereocenters. The first kappa shape index (κ1) is 14.0. The van der Waals surface area contributed by atoms with Crippen molar-refractivity contribution in [2.45, 2.75) is 38.0 Å². The summed E-state index contributed by atoms with van der Waals surface area (Å²) in [6, 6.07) is 1.28. The Morgan fingerprint density at radius 3 is 3.05 bits per heavy atom. The van der Waals surface area contributed by atoms with Crippen LogP contribution in [-0.4, -0.2) is 52.7 Å². The molecule has 0 spiro atoms. The first-order chi connectivity index (χ1) is 9.10. The molecule has 106 valence electrons. The summed E-state index contributed by atoms with van der Waals surface area (Å²) in [7, 11) is 0. The lowest BCUT2D eigenvalue weighted by molar-refractivity contribution is -0.131. The molecule has 1 fully saturated rings. The van der Waals surface area contributed by atoms with Crippen LogP contribution in [0.2, 0.25) is 0 Å². The number of rotatable bonds is 4. The maximum Gasteiger partial charge on any atom is 0.228 e. The van der Waals surface area contributed by atoms with Crippen molar-refractivity contribution in [3.8, 4) is 0 Å². The topological polar surface area (TPSA) is 105 Å². The Morgan fingerprint density at radius 2 is 2.42 bits per heavy atom. The van der Waals surface area contributed by atoms with Gasteiger partial charge in [-0.25, -0.2) is 0 Å². The van der Waals surface area contributed by atoms with Gasteiger partial charge in [-0.2, -0.15) is 0 Å². The molecule has 1 amide bonds. The Hall–Kier alpha value is -1.44. The predicted octanol–water partition coefficient (Wildman–Crippen LogP) is -0.848. The van der Waals surface area contributed by atoms with Crippen LogP contribution in [0, 0.1) is 6.92 Å². The normalized spacial score (nSPS) is 27.2. The predicted molar refractivity (Wildman–Crippen MR) is 64.3 cm³/mol. The lowest BCUT2D eigenvalue weighted by Gasteiger charge is -2.34. The summed E-state index contributed by atoms with van der Waals surface area (Å²) in [6.07, 6.45) is -0.959. The van der Waals surface area contributed by atoms with Crippen LogP contribution in [0.4, 0.5) is 0 Å². The van der Waals surface area contributed by atoms with Crippen molar-refractivity contribution in [2.75, 3.05) is 13.2 Å². The number of nitrogens with one attached hydrogen (secondary N) is 1. The monoisotopic (exact) mass is 270 g/mol. The highest BCUT2D eigenvalue weighted by molar-refractivity contribution is 5.78. The number of aliphatic hydroxyl groups excluding tert-OH is 2. The molecule has 3 N–H and O–H groups in total. The highest BCUT2D eigenvalue weighted by atomic mass is 16.5. The Kier molecular flexibility index (Phi) is 4.52. The Bertz CT molecular complexity index is 434. The standard InChI is InChI=1S/C12H18N2O5/c1-7-4-8(19-14-7)5-11(16)13-9-2-3-18-10(6-15)12(9)17/h4,9-10,12,15,17H,2-3,5-6H2,1H3,(H,13,16)/t9-,10+,12-/m0/s1. The van der Waals surface area contributed by atoms with Gasteiger partial charge in [0.2, 0.25) is 5.91 Å². The van der Waals surface area contributed by atoms with Gasteiger partial charge in [-0.05, 0) is 13.3 Å². The molecule has 0 saturated carbocycles. The van der Waals surface area contributed by atoms with E-state index in [9.17, 15) is 9.90 Å². The van der Waals surface area contributed by atoms with Crippen molar-refractivity contribution < 1.29 is 24.3 Å². The van der Waals surface area contributed by atoms with Gasteiger partial charge >= 0.3 is 0 Å². The molecule has 1 aliphatic rings. The van der Waals surface area contributed by atoms with Gasteiger partial charge in [-0.3, -0.25) is 4.79 Å². The van der Waals surface area contributed by atoms with Crippen molar-refractivity contribution in [1.29, 1.82) is 0 Å². The van der Waals surface area contributed by atoms with Gasteiger partial charge in [-0.1, -0.05) is 5.16 Å². The fourth-order valence-corrected chi connectivity index (χ4v) is 2.11. The van der Waals surface area contributed by atoms with Crippen molar-refractivity contribution in [3.63, 3.8) is 0 Å². The summed E-state index contributed by atoms with van der Waals surface area (Å²) in [5.74, 6) is 0.231. The molecular formula is C12H18N2O5. The number of aryl methyl sites for hydroxylation is 1. The minimum absolute atomic E-state index is 0.0781. The zero-order valence-electron chi connectivity index (χ0n) is 10.7. The van der Waals surface area contributed by atoms with E-state index in [2.05, 4.69) is 10.5 Å². The molecule has 2 rings (SSSR count). The van der Waals surface area contributed by atoms with Crippen LogP contribution in [0.5, 0.6) is 0 Å².